The Labute approximate surface area is 122 Å². The molecule has 1 aliphatic rings. The number of hydrogen-bond acceptors (Lipinski definition) is 3. The molecule has 0 radical (unpaired) electrons. The van der Waals surface area contributed by atoms with Crippen LogP contribution in [0.4, 0.5) is 15.9 Å². The molecule has 5 heteroatoms. The van der Waals surface area contributed by atoms with Gasteiger partial charge in [-0.3, -0.25) is 4.79 Å². The van der Waals surface area contributed by atoms with Crippen molar-refractivity contribution in [1.82, 2.24) is 4.98 Å². The largest absolute Gasteiger partial charge is 0.383 e. The van der Waals surface area contributed by atoms with Gasteiger partial charge in [-0.1, -0.05) is 17.7 Å². The van der Waals surface area contributed by atoms with Crippen LogP contribution >= 0.6 is 0 Å². The predicted octanol–water partition coefficient (Wildman–Crippen LogP) is 2.70. The van der Waals surface area contributed by atoms with Gasteiger partial charge in [0.1, 0.15) is 11.6 Å². The number of carbonyl (C=O) groups is 1. The molecule has 108 valence electrons. The quantitative estimate of drug-likeness (QED) is 0.876. The van der Waals surface area contributed by atoms with E-state index in [4.69, 9.17) is 5.73 Å². The highest BCUT2D eigenvalue weighted by atomic mass is 19.1. The highest BCUT2D eigenvalue weighted by molar-refractivity contribution is 6.09. The molecular weight excluding hydrogens is 269 g/mol. The van der Waals surface area contributed by atoms with E-state index in [-0.39, 0.29) is 17.3 Å². The molecule has 2 N–H and O–H groups in total. The predicted molar refractivity (Wildman–Crippen MR) is 79.8 cm³/mol. The molecule has 0 aliphatic carbocycles. The first-order chi connectivity index (χ1) is 10.1. The van der Waals surface area contributed by atoms with Crippen LogP contribution in [0.25, 0.3) is 0 Å². The van der Waals surface area contributed by atoms with E-state index < -0.39 is 5.82 Å². The van der Waals surface area contributed by atoms with E-state index in [0.717, 1.165) is 41.9 Å². The summed E-state index contributed by atoms with van der Waals surface area (Å²) in [5.41, 5.74) is 9.00. The van der Waals surface area contributed by atoms with E-state index in [1.807, 2.05) is 19.1 Å². The number of anilines is 2. The highest BCUT2D eigenvalue weighted by Gasteiger charge is 2.25. The Kier molecular flexibility index (Phi) is 3.33. The van der Waals surface area contributed by atoms with Crippen molar-refractivity contribution in [3.8, 4) is 0 Å². The number of rotatable bonds is 1. The molecule has 0 bridgehead atoms. The Morgan fingerprint density at radius 3 is 3.00 bits per heavy atom. The number of nitrogens with zero attached hydrogens (tertiary/aromatic N) is 2. The Morgan fingerprint density at radius 2 is 2.19 bits per heavy atom. The lowest BCUT2D eigenvalue weighted by atomic mass is 9.99. The molecule has 0 atom stereocenters. The number of hydrogen-bond donors (Lipinski definition) is 1. The number of carbonyl (C=O) groups excluding carboxylic acids is 1. The average Bonchev–Trinajstić information content (AvgIpc) is 2.48. The summed E-state index contributed by atoms with van der Waals surface area (Å²) < 4.78 is 13.3. The fourth-order valence-corrected chi connectivity index (χ4v) is 2.70. The Bertz CT molecular complexity index is 715. The summed E-state index contributed by atoms with van der Waals surface area (Å²) in [7, 11) is 0. The monoisotopic (exact) mass is 285 g/mol. The van der Waals surface area contributed by atoms with Crippen LogP contribution in [0.15, 0.2) is 30.5 Å². The third-order valence-corrected chi connectivity index (χ3v) is 3.71. The second-order valence-electron chi connectivity index (χ2n) is 5.28. The van der Waals surface area contributed by atoms with Gasteiger partial charge in [0.25, 0.3) is 5.91 Å². The molecular formula is C16H16FN3O. The van der Waals surface area contributed by atoms with Gasteiger partial charge in [0.05, 0.1) is 11.8 Å². The van der Waals surface area contributed by atoms with E-state index in [1.165, 1.54) is 0 Å². The lowest BCUT2D eigenvalue weighted by Gasteiger charge is -2.30. The summed E-state index contributed by atoms with van der Waals surface area (Å²) in [6, 6.07) is 7.14. The van der Waals surface area contributed by atoms with Crippen molar-refractivity contribution < 1.29 is 9.18 Å². The van der Waals surface area contributed by atoms with E-state index in [2.05, 4.69) is 11.1 Å². The van der Waals surface area contributed by atoms with Crippen LogP contribution in [-0.2, 0) is 6.42 Å². The number of aryl methyl sites for hydroxylation is 2. The summed E-state index contributed by atoms with van der Waals surface area (Å²) >= 11 is 0. The van der Waals surface area contributed by atoms with Crippen molar-refractivity contribution in [3.63, 3.8) is 0 Å². The number of pyridine rings is 1. The highest BCUT2D eigenvalue weighted by Crippen LogP contribution is 2.30. The maximum absolute atomic E-state index is 13.3. The fraction of sp³-hybridized carbons (Fsp3) is 0.250. The molecule has 1 aromatic carbocycles. The fourth-order valence-electron chi connectivity index (χ4n) is 2.70. The topological polar surface area (TPSA) is 59.2 Å². The molecule has 0 spiro atoms. The molecule has 0 saturated carbocycles. The summed E-state index contributed by atoms with van der Waals surface area (Å²) in [4.78, 5) is 18.0. The molecule has 1 aliphatic heterocycles. The molecule has 0 saturated heterocycles. The van der Waals surface area contributed by atoms with Gasteiger partial charge in [-0.05, 0) is 37.5 Å². The van der Waals surface area contributed by atoms with Gasteiger partial charge in [-0.15, -0.1) is 0 Å². The lowest BCUT2D eigenvalue weighted by molar-refractivity contribution is 0.0985. The van der Waals surface area contributed by atoms with Crippen molar-refractivity contribution in [2.75, 3.05) is 17.2 Å². The van der Waals surface area contributed by atoms with E-state index in [1.54, 1.807) is 4.90 Å². The molecule has 3 rings (SSSR count). The Balaban J connectivity index is 2.02. The first kappa shape index (κ1) is 13.5. The summed E-state index contributed by atoms with van der Waals surface area (Å²) in [5, 5.41) is 0. The van der Waals surface area contributed by atoms with Crippen LogP contribution in [0.2, 0.25) is 0 Å². The Hall–Kier alpha value is -2.43. The Morgan fingerprint density at radius 1 is 1.38 bits per heavy atom. The summed E-state index contributed by atoms with van der Waals surface area (Å²) in [5.74, 6) is -0.807. The third-order valence-electron chi connectivity index (χ3n) is 3.71. The van der Waals surface area contributed by atoms with Crippen LogP contribution < -0.4 is 10.6 Å². The first-order valence-electron chi connectivity index (χ1n) is 6.88. The number of nitrogen functional groups attached to an aromatic ring is 1. The van der Waals surface area contributed by atoms with Crippen molar-refractivity contribution in [1.29, 1.82) is 0 Å². The normalized spacial score (nSPS) is 13.9. The zero-order chi connectivity index (χ0) is 15.0. The maximum Gasteiger partial charge on any atom is 0.262 e. The maximum atomic E-state index is 13.3. The number of aromatic nitrogens is 1. The van der Waals surface area contributed by atoms with Crippen molar-refractivity contribution in [2.24, 2.45) is 0 Å². The summed E-state index contributed by atoms with van der Waals surface area (Å²) in [6.07, 6.45) is 2.84. The minimum atomic E-state index is -0.561. The zero-order valence-corrected chi connectivity index (χ0v) is 11.8. The van der Waals surface area contributed by atoms with Gasteiger partial charge >= 0.3 is 0 Å². The number of fused-ring (bicyclic) bond motifs is 1. The van der Waals surface area contributed by atoms with Crippen LogP contribution in [0, 0.1) is 12.7 Å². The molecule has 2 aromatic rings. The van der Waals surface area contributed by atoms with Crippen molar-refractivity contribution in [3.05, 3.63) is 53.0 Å². The molecule has 2 heterocycles. The molecule has 0 fully saturated rings. The van der Waals surface area contributed by atoms with Crippen LogP contribution in [0.5, 0.6) is 0 Å². The van der Waals surface area contributed by atoms with Gasteiger partial charge in [0.15, 0.2) is 0 Å². The van der Waals surface area contributed by atoms with Gasteiger partial charge < -0.3 is 10.6 Å². The van der Waals surface area contributed by atoms with Crippen molar-refractivity contribution in [2.45, 2.75) is 19.8 Å². The lowest BCUT2D eigenvalue weighted by Crippen LogP contribution is -2.36. The zero-order valence-electron chi connectivity index (χ0n) is 11.8. The number of amides is 1. The van der Waals surface area contributed by atoms with E-state index in [9.17, 15) is 9.18 Å². The number of benzene rings is 1. The smallest absolute Gasteiger partial charge is 0.262 e. The van der Waals surface area contributed by atoms with Gasteiger partial charge in [0, 0.05) is 12.2 Å². The van der Waals surface area contributed by atoms with Crippen LogP contribution in [-0.4, -0.2) is 17.4 Å². The molecule has 21 heavy (non-hydrogen) atoms. The minimum Gasteiger partial charge on any atom is -0.383 e. The number of halogens is 1. The van der Waals surface area contributed by atoms with Crippen LogP contribution in [0.1, 0.15) is 27.9 Å². The van der Waals surface area contributed by atoms with Gasteiger partial charge in [0.2, 0.25) is 0 Å². The van der Waals surface area contributed by atoms with Crippen molar-refractivity contribution >= 4 is 17.4 Å². The third kappa shape index (κ3) is 2.46. The second-order valence-corrected chi connectivity index (χ2v) is 5.28. The number of nitrogens with two attached hydrogens (primary N) is 1. The van der Waals surface area contributed by atoms with Crippen LogP contribution in [0.3, 0.4) is 0 Å². The van der Waals surface area contributed by atoms with Gasteiger partial charge in [-0.25, -0.2) is 9.37 Å². The molecule has 1 aromatic heterocycles. The standard InChI is InChI=1S/C16H16FN3O/c1-10-4-5-14-11(7-10)3-2-6-20(14)16(21)13-8-12(17)9-19-15(13)18/h4-5,7-9H,2-3,6H2,1H3,(H2,18,19). The van der Waals surface area contributed by atoms with E-state index >= 15 is 0 Å². The molecule has 1 amide bonds. The summed E-state index contributed by atoms with van der Waals surface area (Å²) in [6.45, 7) is 2.63. The van der Waals surface area contributed by atoms with Gasteiger partial charge in [-0.2, -0.15) is 0 Å². The first-order valence-corrected chi connectivity index (χ1v) is 6.88. The molecule has 4 nitrogen and oxygen atoms in total. The SMILES string of the molecule is Cc1ccc2c(c1)CCCN2C(=O)c1cc(F)cnc1N. The molecule has 0 unspecified atom stereocenters. The second kappa shape index (κ2) is 5.16. The average molecular weight is 285 g/mol. The van der Waals surface area contributed by atoms with E-state index in [0.29, 0.717) is 6.54 Å². The minimum absolute atomic E-state index is 0.0561.